The molecule has 0 saturated heterocycles. The van der Waals surface area contributed by atoms with E-state index in [0.717, 1.165) is 4.90 Å². The van der Waals surface area contributed by atoms with Gasteiger partial charge in [0.15, 0.2) is 0 Å². The molecule has 1 atom stereocenters. The van der Waals surface area contributed by atoms with Crippen LogP contribution in [0.1, 0.15) is 86.1 Å². The Morgan fingerprint density at radius 3 is 2.24 bits per heavy atom. The molecule has 2 aliphatic carbocycles. The lowest BCUT2D eigenvalue weighted by atomic mass is 9.71. The smallest absolute Gasteiger partial charge is 0.386 e. The number of Topliss-reactive ketones (excluding diaryl/α,β-unsaturated/α-hetero) is 1. The quantitative estimate of drug-likeness (QED) is 0.410. The molecule has 0 radical (unpaired) electrons. The molecule has 208 valence electrons. The van der Waals surface area contributed by atoms with Crippen molar-refractivity contribution in [2.24, 2.45) is 10.8 Å². The summed E-state index contributed by atoms with van der Waals surface area (Å²) in [4.78, 5) is 30.6. The Morgan fingerprint density at radius 1 is 1.16 bits per heavy atom. The first kappa shape index (κ1) is 28.8. The van der Waals surface area contributed by atoms with Crippen molar-refractivity contribution in [2.45, 2.75) is 77.6 Å². The molecule has 0 aliphatic heterocycles. The van der Waals surface area contributed by atoms with Gasteiger partial charge in [-0.05, 0) is 52.4 Å². The van der Waals surface area contributed by atoms with Gasteiger partial charge in [-0.2, -0.15) is 18.3 Å². The molecular formula is C26H31Cl2F3N4O3. The van der Waals surface area contributed by atoms with E-state index >= 15 is 0 Å². The number of carbonyl (C=O) groups is 2. The normalized spacial score (nSPS) is 23.7. The van der Waals surface area contributed by atoms with Crippen LogP contribution >= 0.6 is 23.2 Å². The molecule has 7 nitrogen and oxygen atoms in total. The van der Waals surface area contributed by atoms with E-state index in [9.17, 15) is 27.9 Å². The maximum Gasteiger partial charge on any atom is 0.396 e. The minimum atomic E-state index is -4.49. The average Bonchev–Trinajstić information content (AvgIpc) is 3.53. The number of nitrogens with zero attached hydrogens (tertiary/aromatic N) is 4. The van der Waals surface area contributed by atoms with Gasteiger partial charge in [-0.15, -0.1) is 0 Å². The van der Waals surface area contributed by atoms with Gasteiger partial charge in [0.1, 0.15) is 5.78 Å². The van der Waals surface area contributed by atoms with Gasteiger partial charge in [-0.25, -0.2) is 0 Å². The number of hydrogen-bond acceptors (Lipinski definition) is 5. The monoisotopic (exact) mass is 574 g/mol. The zero-order chi connectivity index (χ0) is 28.0. The van der Waals surface area contributed by atoms with Crippen molar-refractivity contribution in [3.63, 3.8) is 0 Å². The first-order chi connectivity index (χ1) is 17.7. The Hall–Kier alpha value is -2.17. The third-order valence-electron chi connectivity index (χ3n) is 8.38. The lowest BCUT2D eigenvalue weighted by Gasteiger charge is -2.36. The van der Waals surface area contributed by atoms with Crippen molar-refractivity contribution in [2.75, 3.05) is 13.1 Å². The molecule has 0 bridgehead atoms. The summed E-state index contributed by atoms with van der Waals surface area (Å²) in [5.41, 5.74) is -1.60. The summed E-state index contributed by atoms with van der Waals surface area (Å²) >= 11 is 12.3. The summed E-state index contributed by atoms with van der Waals surface area (Å²) in [6.07, 6.45) is 0.578. The van der Waals surface area contributed by atoms with Crippen LogP contribution in [0.15, 0.2) is 18.6 Å². The first-order valence-electron chi connectivity index (χ1n) is 12.6. The maximum absolute atomic E-state index is 13.9. The number of carbonyl (C=O) groups excluding carboxylic acids is 2. The Bertz CT molecular complexity index is 1200. The van der Waals surface area contributed by atoms with Crippen LogP contribution in [0, 0.1) is 17.8 Å². The van der Waals surface area contributed by atoms with Crippen LogP contribution in [0.5, 0.6) is 0 Å². The highest BCUT2D eigenvalue weighted by Gasteiger charge is 2.64. The molecule has 2 heterocycles. The topological polar surface area (TPSA) is 88.3 Å². The molecule has 4 rings (SSSR count). The average molecular weight is 575 g/mol. The van der Waals surface area contributed by atoms with Crippen LogP contribution in [-0.4, -0.2) is 55.7 Å². The second-order valence-electron chi connectivity index (χ2n) is 10.9. The molecule has 0 aromatic carbocycles. The molecule has 0 spiro atoms. The van der Waals surface area contributed by atoms with Crippen LogP contribution < -0.4 is 0 Å². The van der Waals surface area contributed by atoms with E-state index in [1.165, 1.54) is 18.6 Å². The lowest BCUT2D eigenvalue weighted by Crippen LogP contribution is -2.43. The Balaban J connectivity index is 1.60. The predicted octanol–water partition coefficient (Wildman–Crippen LogP) is 6.12. The summed E-state index contributed by atoms with van der Waals surface area (Å²) < 4.78 is 43.3. The lowest BCUT2D eigenvalue weighted by molar-refractivity contribution is -0.190. The number of rotatable bonds is 8. The standard InChI is InChI=1S/C26H31Cl2F3N4O3/c1-15-18(10-33-35(15)17-4-6-24(3,7-5-17)16(2)36)23(38)34(14-25(8-9-25)26(29,30)31)13-21(37)22-19(27)11-32-12-20(22)28/h10-12,17,21,37H,4-9,13-14H2,1-3H3/t17-,21?,24-. The largest absolute Gasteiger partial charge is 0.396 e. The predicted molar refractivity (Wildman–Crippen MR) is 136 cm³/mol. The fourth-order valence-corrected chi connectivity index (χ4v) is 5.93. The number of amides is 1. The number of aromatic nitrogens is 3. The molecule has 1 amide bonds. The SMILES string of the molecule is Cc1c(C(=O)N(CC(O)c2c(Cl)cncc2Cl)CC2(C(F)(F)F)CC2)cnn1[C@H]1CC[C@](C)(C(C)=O)CC1. The van der Waals surface area contributed by atoms with Gasteiger partial charge in [0.05, 0.1) is 45.9 Å². The van der Waals surface area contributed by atoms with E-state index in [0.29, 0.717) is 31.4 Å². The number of pyridine rings is 1. The fourth-order valence-electron chi connectivity index (χ4n) is 5.31. The Kier molecular flexibility index (Phi) is 7.91. The molecule has 2 fully saturated rings. The molecule has 1 N–H and O–H groups in total. The van der Waals surface area contributed by atoms with E-state index < -0.39 is 36.7 Å². The van der Waals surface area contributed by atoms with Crippen LogP contribution in [0.25, 0.3) is 0 Å². The number of alkyl halides is 3. The summed E-state index contributed by atoms with van der Waals surface area (Å²) in [5.74, 6) is -0.514. The van der Waals surface area contributed by atoms with Gasteiger partial charge in [0.25, 0.3) is 5.91 Å². The van der Waals surface area contributed by atoms with Crippen LogP contribution in [0.4, 0.5) is 13.2 Å². The van der Waals surface area contributed by atoms with E-state index in [2.05, 4.69) is 10.1 Å². The van der Waals surface area contributed by atoms with Gasteiger partial charge in [-0.3, -0.25) is 19.3 Å². The molecule has 2 aromatic heterocycles. The second-order valence-corrected chi connectivity index (χ2v) is 11.7. The second kappa shape index (κ2) is 10.4. The van der Waals surface area contributed by atoms with Gasteiger partial charge < -0.3 is 10.0 Å². The summed E-state index contributed by atoms with van der Waals surface area (Å²) in [5, 5.41) is 15.4. The molecule has 2 aromatic rings. The highest BCUT2D eigenvalue weighted by molar-refractivity contribution is 6.35. The first-order valence-corrected chi connectivity index (χ1v) is 13.3. The van der Waals surface area contributed by atoms with E-state index in [1.807, 2.05) is 6.92 Å². The molecule has 2 saturated carbocycles. The number of hydrogen-bond donors (Lipinski definition) is 1. The van der Waals surface area contributed by atoms with Crippen molar-refractivity contribution in [1.29, 1.82) is 0 Å². The minimum absolute atomic E-state index is 0.0256. The fraction of sp³-hybridized carbons (Fsp3) is 0.615. The van der Waals surface area contributed by atoms with Crippen LogP contribution in [0.2, 0.25) is 10.0 Å². The summed E-state index contributed by atoms with van der Waals surface area (Å²) in [6.45, 7) is 4.22. The zero-order valence-electron chi connectivity index (χ0n) is 21.5. The van der Waals surface area contributed by atoms with Crippen LogP contribution in [-0.2, 0) is 4.79 Å². The zero-order valence-corrected chi connectivity index (χ0v) is 23.0. The number of aliphatic hydroxyl groups is 1. The molecule has 2 aliphatic rings. The minimum Gasteiger partial charge on any atom is -0.386 e. The van der Waals surface area contributed by atoms with Gasteiger partial charge in [0, 0.05) is 35.6 Å². The molecule has 12 heteroatoms. The summed E-state index contributed by atoms with van der Waals surface area (Å²) in [6, 6.07) is -0.0256. The van der Waals surface area contributed by atoms with Gasteiger partial charge in [-0.1, -0.05) is 30.1 Å². The van der Waals surface area contributed by atoms with E-state index in [4.69, 9.17) is 23.2 Å². The molecular weight excluding hydrogens is 544 g/mol. The van der Waals surface area contributed by atoms with Crippen molar-refractivity contribution in [3.05, 3.63) is 45.5 Å². The highest BCUT2D eigenvalue weighted by atomic mass is 35.5. The van der Waals surface area contributed by atoms with Crippen molar-refractivity contribution in [1.82, 2.24) is 19.7 Å². The Labute approximate surface area is 229 Å². The molecule has 1 unspecified atom stereocenters. The van der Waals surface area contributed by atoms with Crippen LogP contribution in [0.3, 0.4) is 0 Å². The third kappa shape index (κ3) is 5.45. The van der Waals surface area contributed by atoms with Crippen molar-refractivity contribution in [3.8, 4) is 0 Å². The molecule has 38 heavy (non-hydrogen) atoms. The Morgan fingerprint density at radius 2 is 1.74 bits per heavy atom. The third-order valence-corrected chi connectivity index (χ3v) is 8.98. The number of halogens is 5. The van der Waals surface area contributed by atoms with Crippen molar-refractivity contribution >= 4 is 34.9 Å². The summed E-state index contributed by atoms with van der Waals surface area (Å²) in [7, 11) is 0. The van der Waals surface area contributed by atoms with Crippen molar-refractivity contribution < 1.29 is 27.9 Å². The van der Waals surface area contributed by atoms with Gasteiger partial charge in [0.2, 0.25) is 0 Å². The number of ketones is 1. The maximum atomic E-state index is 13.9. The highest BCUT2D eigenvalue weighted by Crippen LogP contribution is 2.58. The van der Waals surface area contributed by atoms with E-state index in [-0.39, 0.29) is 51.3 Å². The number of aliphatic hydroxyl groups excluding tert-OH is 1. The van der Waals surface area contributed by atoms with E-state index in [1.54, 1.807) is 18.5 Å². The van der Waals surface area contributed by atoms with Gasteiger partial charge >= 0.3 is 6.18 Å².